The minimum Gasteiger partial charge on any atom is -0.459 e. The summed E-state index contributed by atoms with van der Waals surface area (Å²) in [4.78, 5) is 25.8. The number of carbonyl (C=O) groups excluding carboxylic acids is 2. The Kier molecular flexibility index (Phi) is 7.99. The van der Waals surface area contributed by atoms with Crippen LogP contribution in [0.4, 0.5) is 10.5 Å². The molecule has 1 aromatic carbocycles. The van der Waals surface area contributed by atoms with Gasteiger partial charge in [0.2, 0.25) is 5.91 Å². The maximum atomic E-state index is 12.3. The molecule has 0 aliphatic carbocycles. The average Bonchev–Trinajstić information content (AvgIpc) is 3.10. The molecule has 8 heteroatoms. The van der Waals surface area contributed by atoms with Gasteiger partial charge in [-0.15, -0.1) is 0 Å². The van der Waals surface area contributed by atoms with Gasteiger partial charge in [0.05, 0.1) is 17.3 Å². The van der Waals surface area contributed by atoms with Crippen molar-refractivity contribution in [2.24, 2.45) is 0 Å². The summed E-state index contributed by atoms with van der Waals surface area (Å²) < 4.78 is 6.21. The molecule has 1 aliphatic heterocycles. The molecule has 0 radical (unpaired) electrons. The van der Waals surface area contributed by atoms with Gasteiger partial charge >= 0.3 is 6.03 Å². The summed E-state index contributed by atoms with van der Waals surface area (Å²) in [5, 5.41) is 9.92. The van der Waals surface area contributed by atoms with Crippen LogP contribution in [0.25, 0.3) is 11.0 Å². The van der Waals surface area contributed by atoms with Crippen LogP contribution in [0.2, 0.25) is 5.02 Å². The number of carbonyl (C=O) groups is 2. The number of rotatable bonds is 5. The molecule has 7 nitrogen and oxygen atoms in total. The monoisotopic (exact) mass is 434 g/mol. The van der Waals surface area contributed by atoms with Gasteiger partial charge in [-0.3, -0.25) is 9.69 Å². The van der Waals surface area contributed by atoms with Crippen molar-refractivity contribution in [1.82, 2.24) is 15.5 Å². The summed E-state index contributed by atoms with van der Waals surface area (Å²) in [5.41, 5.74) is 2.37. The first-order valence-corrected chi connectivity index (χ1v) is 11.0. The number of urea groups is 1. The molecule has 0 bridgehead atoms. The number of nitrogens with zero attached hydrogens (tertiary/aromatic N) is 1. The second-order valence-corrected chi connectivity index (χ2v) is 8.31. The first kappa shape index (κ1) is 22.4. The highest BCUT2D eigenvalue weighted by Gasteiger charge is 2.19. The lowest BCUT2D eigenvalue weighted by atomic mass is 10.0. The maximum Gasteiger partial charge on any atom is 0.319 e. The van der Waals surface area contributed by atoms with Gasteiger partial charge < -0.3 is 20.4 Å². The third kappa shape index (κ3) is 5.89. The summed E-state index contributed by atoms with van der Waals surface area (Å²) >= 11 is 6.56. The normalized spacial score (nSPS) is 15.7. The quantitative estimate of drug-likeness (QED) is 0.655. The van der Waals surface area contributed by atoms with Crippen LogP contribution in [0, 0.1) is 0 Å². The number of fused-ring (bicyclic) bond motifs is 3. The Morgan fingerprint density at radius 2 is 2.00 bits per heavy atom. The number of hydrogen-bond acceptors (Lipinski definition) is 4. The summed E-state index contributed by atoms with van der Waals surface area (Å²) in [5.74, 6) is 0.826. The number of nitrogens with one attached hydrogen (secondary N) is 3. The van der Waals surface area contributed by atoms with E-state index >= 15 is 0 Å². The van der Waals surface area contributed by atoms with Gasteiger partial charge in [0.15, 0.2) is 0 Å². The third-order valence-electron chi connectivity index (χ3n) is 5.46. The Morgan fingerprint density at radius 3 is 2.80 bits per heavy atom. The van der Waals surface area contributed by atoms with Crippen molar-refractivity contribution in [2.75, 3.05) is 32.5 Å². The first-order valence-electron chi connectivity index (χ1n) is 10.7. The molecular formula is C22H31ClN4O3. The second-order valence-electron chi connectivity index (χ2n) is 7.90. The van der Waals surface area contributed by atoms with Crippen molar-refractivity contribution in [3.05, 3.63) is 28.5 Å². The zero-order chi connectivity index (χ0) is 21.5. The van der Waals surface area contributed by atoms with E-state index in [1.807, 2.05) is 24.1 Å². The third-order valence-corrected chi connectivity index (χ3v) is 5.76. The molecule has 3 rings (SSSR count). The molecule has 1 aliphatic rings. The minimum absolute atomic E-state index is 0.0164. The highest BCUT2D eigenvalue weighted by molar-refractivity contribution is 6.35. The van der Waals surface area contributed by atoms with Gasteiger partial charge in [0, 0.05) is 37.5 Å². The summed E-state index contributed by atoms with van der Waals surface area (Å²) in [6, 6.07) is 3.60. The van der Waals surface area contributed by atoms with Gasteiger partial charge in [-0.1, -0.05) is 30.9 Å². The molecule has 2 heterocycles. The molecule has 0 spiro atoms. The fourth-order valence-corrected chi connectivity index (χ4v) is 4.08. The number of halogens is 1. The van der Waals surface area contributed by atoms with E-state index in [0.29, 0.717) is 36.8 Å². The van der Waals surface area contributed by atoms with E-state index in [-0.39, 0.29) is 11.9 Å². The van der Waals surface area contributed by atoms with Crippen LogP contribution >= 0.6 is 11.6 Å². The van der Waals surface area contributed by atoms with Crippen LogP contribution in [0.3, 0.4) is 0 Å². The van der Waals surface area contributed by atoms with Crippen molar-refractivity contribution in [1.29, 1.82) is 0 Å². The predicted octanol–water partition coefficient (Wildman–Crippen LogP) is 4.28. The summed E-state index contributed by atoms with van der Waals surface area (Å²) in [6.07, 6.45) is 6.65. The zero-order valence-corrected chi connectivity index (χ0v) is 18.5. The number of anilines is 1. The first-order chi connectivity index (χ1) is 14.5. The van der Waals surface area contributed by atoms with Crippen LogP contribution in [0.5, 0.6) is 0 Å². The van der Waals surface area contributed by atoms with Crippen LogP contribution in [-0.2, 0) is 17.8 Å². The molecule has 0 unspecified atom stereocenters. The van der Waals surface area contributed by atoms with Gasteiger partial charge in [0.1, 0.15) is 11.3 Å². The molecular weight excluding hydrogens is 404 g/mol. The molecule has 0 saturated carbocycles. The second kappa shape index (κ2) is 10.7. The Balaban J connectivity index is 1.86. The Hall–Kier alpha value is -2.25. The molecule has 0 fully saturated rings. The lowest BCUT2D eigenvalue weighted by molar-refractivity contribution is -0.120. The van der Waals surface area contributed by atoms with Gasteiger partial charge in [-0.2, -0.15) is 0 Å². The molecule has 3 N–H and O–H groups in total. The molecule has 1 aromatic heterocycles. The van der Waals surface area contributed by atoms with Crippen LogP contribution in [-0.4, -0.2) is 44.0 Å². The van der Waals surface area contributed by atoms with Crippen LogP contribution in [0.1, 0.15) is 49.8 Å². The number of hydrogen-bond donors (Lipinski definition) is 3. The molecule has 2 aromatic rings. The lowest BCUT2D eigenvalue weighted by Crippen LogP contribution is -2.30. The lowest BCUT2D eigenvalue weighted by Gasteiger charge is -2.16. The number of benzene rings is 1. The van der Waals surface area contributed by atoms with E-state index in [1.54, 1.807) is 7.05 Å². The highest BCUT2D eigenvalue weighted by atomic mass is 35.5. The Morgan fingerprint density at radius 1 is 1.23 bits per heavy atom. The fraction of sp³-hybridized carbons (Fsp3) is 0.545. The molecule has 0 saturated heterocycles. The van der Waals surface area contributed by atoms with E-state index in [0.717, 1.165) is 60.8 Å². The van der Waals surface area contributed by atoms with Crippen LogP contribution in [0.15, 0.2) is 16.5 Å². The van der Waals surface area contributed by atoms with E-state index in [4.69, 9.17) is 16.0 Å². The van der Waals surface area contributed by atoms with Crippen molar-refractivity contribution >= 4 is 40.2 Å². The van der Waals surface area contributed by atoms with Gasteiger partial charge in [-0.05, 0) is 38.4 Å². The zero-order valence-electron chi connectivity index (χ0n) is 17.8. The smallest absolute Gasteiger partial charge is 0.319 e. The molecule has 164 valence electrons. The maximum absolute atomic E-state index is 12.3. The number of aryl methyl sites for hydroxylation is 1. The molecule has 3 amide bonds. The van der Waals surface area contributed by atoms with E-state index in [1.165, 1.54) is 0 Å². The van der Waals surface area contributed by atoms with Gasteiger partial charge in [0.25, 0.3) is 0 Å². The largest absolute Gasteiger partial charge is 0.459 e. The van der Waals surface area contributed by atoms with E-state index in [2.05, 4.69) is 16.0 Å². The molecule has 0 atom stereocenters. The van der Waals surface area contributed by atoms with Crippen molar-refractivity contribution < 1.29 is 14.0 Å². The Labute approximate surface area is 182 Å². The number of amides is 3. The van der Waals surface area contributed by atoms with Crippen molar-refractivity contribution in [3.8, 4) is 0 Å². The van der Waals surface area contributed by atoms with Crippen molar-refractivity contribution in [3.63, 3.8) is 0 Å². The number of furan rings is 1. The summed E-state index contributed by atoms with van der Waals surface area (Å²) in [6.45, 7) is 1.89. The molecule has 30 heavy (non-hydrogen) atoms. The average molecular weight is 435 g/mol. The summed E-state index contributed by atoms with van der Waals surface area (Å²) in [7, 11) is 3.60. The Bertz CT molecular complexity index is 896. The predicted molar refractivity (Wildman–Crippen MR) is 120 cm³/mol. The SMILES string of the molecule is CNC(=O)CCN(C)Cc1cc2cc(Cl)c3c(c2o1)CCCCCCCNC(=O)N3. The van der Waals surface area contributed by atoms with Crippen molar-refractivity contribution in [2.45, 2.75) is 51.5 Å². The highest BCUT2D eigenvalue weighted by Crippen LogP contribution is 2.37. The topological polar surface area (TPSA) is 86.6 Å². The van der Waals surface area contributed by atoms with E-state index in [9.17, 15) is 9.59 Å². The van der Waals surface area contributed by atoms with Crippen LogP contribution < -0.4 is 16.0 Å². The fourth-order valence-electron chi connectivity index (χ4n) is 3.80. The minimum atomic E-state index is -0.237. The van der Waals surface area contributed by atoms with Gasteiger partial charge in [-0.25, -0.2) is 4.79 Å². The van der Waals surface area contributed by atoms with E-state index < -0.39 is 0 Å². The standard InChI is InChI=1S/C22H31ClN4O3/c1-24-19(28)9-11-27(2)14-16-12-15-13-18(23)20-17(21(15)30-16)8-6-4-3-5-7-10-25-22(29)26-20/h12-13H,3-11,14H2,1-2H3,(H,24,28)(H2,25,26,29).